The van der Waals surface area contributed by atoms with Crippen LogP contribution in [0.15, 0.2) is 34.4 Å². The standard InChI is InChI=1S/C34H48BrN5O7/c1-5-20(3)29-34(46)39-17-11-10-14-28(39)32(44)36-25(13-9-7-8-12-22(41)6-2)30(42)37-26(31(43)38-29)19-24-23-18-21(35)15-16-27(23)40(47-4)33(24)45/h15-16,18-20,24-25,28-29,33,45H,5-14,17H2,1-4H3,(H,36,44)(H,37,42)(H,38,43)/b26-19-/t20?,24?,25-,28+,29-,33?/m0/s1. The molecule has 2 fully saturated rings. The van der Waals surface area contributed by atoms with Crippen LogP contribution in [0.25, 0.3) is 0 Å². The summed E-state index contributed by atoms with van der Waals surface area (Å²) >= 11 is 3.47. The number of nitrogens with one attached hydrogen (secondary N) is 3. The molecule has 0 saturated carbocycles. The number of carbonyl (C=O) groups is 5. The first-order valence-electron chi connectivity index (χ1n) is 16.8. The van der Waals surface area contributed by atoms with Crippen molar-refractivity contribution in [2.75, 3.05) is 18.7 Å². The Kier molecular flexibility index (Phi) is 13.0. The maximum absolute atomic E-state index is 14.1. The van der Waals surface area contributed by atoms with Crippen LogP contribution in [0.3, 0.4) is 0 Å². The third-order valence-electron chi connectivity index (χ3n) is 9.52. The number of hydrogen-bond donors (Lipinski definition) is 4. The number of rotatable bonds is 11. The number of hydroxylamine groups is 1. The van der Waals surface area contributed by atoms with E-state index in [1.807, 2.05) is 26.8 Å². The lowest BCUT2D eigenvalue weighted by Crippen LogP contribution is -2.62. The van der Waals surface area contributed by atoms with Crippen molar-refractivity contribution in [3.63, 3.8) is 0 Å². The molecule has 3 unspecified atom stereocenters. The molecule has 0 spiro atoms. The number of Topliss-reactive ketones (excluding diaryl/α,β-unsaturated/α-hetero) is 1. The SMILES string of the molecule is CCC(=O)CCCCC[C@@H]1NC(=O)[C@H]2CCCCN2C(=O)[C@H](C(C)CC)NC(=O)/C(=C/C2c3cc(Br)ccc3N(OC)C2O)NC1=O. The molecule has 13 heteroatoms. The highest BCUT2D eigenvalue weighted by atomic mass is 79.9. The quantitative estimate of drug-likeness (QED) is 0.200. The molecule has 3 heterocycles. The number of halogens is 1. The molecule has 4 N–H and O–H groups in total. The molecular weight excluding hydrogens is 670 g/mol. The number of ketones is 1. The van der Waals surface area contributed by atoms with Crippen molar-refractivity contribution >= 4 is 51.0 Å². The van der Waals surface area contributed by atoms with Gasteiger partial charge in [0.2, 0.25) is 17.7 Å². The lowest BCUT2D eigenvalue weighted by molar-refractivity contribution is -0.147. The van der Waals surface area contributed by atoms with E-state index in [4.69, 9.17) is 4.84 Å². The molecule has 0 radical (unpaired) electrons. The third-order valence-corrected chi connectivity index (χ3v) is 10.0. The maximum atomic E-state index is 14.1. The maximum Gasteiger partial charge on any atom is 0.268 e. The topological polar surface area (TPSA) is 157 Å². The summed E-state index contributed by atoms with van der Waals surface area (Å²) in [7, 11) is 1.43. The number of fused-ring (bicyclic) bond motifs is 2. The van der Waals surface area contributed by atoms with E-state index in [2.05, 4.69) is 31.9 Å². The molecule has 2 saturated heterocycles. The molecule has 0 bridgehead atoms. The van der Waals surface area contributed by atoms with E-state index in [1.165, 1.54) is 18.2 Å². The lowest BCUT2D eigenvalue weighted by atomic mass is 9.93. The fourth-order valence-electron chi connectivity index (χ4n) is 6.51. The summed E-state index contributed by atoms with van der Waals surface area (Å²) < 4.78 is 0.749. The van der Waals surface area contributed by atoms with Gasteiger partial charge in [0, 0.05) is 23.9 Å². The second-order valence-electron chi connectivity index (χ2n) is 12.7. The molecule has 6 atom stereocenters. The third kappa shape index (κ3) is 8.60. The van der Waals surface area contributed by atoms with Crippen molar-refractivity contribution in [2.45, 2.75) is 115 Å². The van der Waals surface area contributed by atoms with E-state index in [9.17, 15) is 29.1 Å². The molecule has 4 amide bonds. The van der Waals surface area contributed by atoms with Gasteiger partial charge < -0.3 is 26.0 Å². The highest BCUT2D eigenvalue weighted by molar-refractivity contribution is 9.10. The number of nitrogens with zero attached hydrogens (tertiary/aromatic N) is 2. The minimum absolute atomic E-state index is 0.146. The molecule has 0 aliphatic carbocycles. The van der Waals surface area contributed by atoms with Gasteiger partial charge in [-0.2, -0.15) is 0 Å². The van der Waals surface area contributed by atoms with Gasteiger partial charge in [0.25, 0.3) is 5.91 Å². The number of piperidine rings is 1. The van der Waals surface area contributed by atoms with E-state index >= 15 is 0 Å². The van der Waals surface area contributed by atoms with Gasteiger partial charge in [0.15, 0.2) is 6.23 Å². The first-order chi connectivity index (χ1) is 22.5. The zero-order chi connectivity index (χ0) is 34.2. The zero-order valence-corrected chi connectivity index (χ0v) is 29.3. The Hall–Kier alpha value is -3.29. The Morgan fingerprint density at radius 1 is 1.11 bits per heavy atom. The minimum Gasteiger partial charge on any atom is -0.370 e. The van der Waals surface area contributed by atoms with Crippen LogP contribution >= 0.6 is 15.9 Å². The van der Waals surface area contributed by atoms with Crippen LogP contribution in [0.4, 0.5) is 5.69 Å². The smallest absolute Gasteiger partial charge is 0.268 e. The zero-order valence-electron chi connectivity index (χ0n) is 27.7. The fraction of sp³-hybridized carbons (Fsp3) is 0.618. The second-order valence-corrected chi connectivity index (χ2v) is 13.6. The highest BCUT2D eigenvalue weighted by Gasteiger charge is 2.42. The molecule has 4 rings (SSSR count). The van der Waals surface area contributed by atoms with Crippen LogP contribution in [0.1, 0.15) is 96.5 Å². The first-order valence-corrected chi connectivity index (χ1v) is 17.6. The van der Waals surface area contributed by atoms with Crippen LogP contribution in [-0.2, 0) is 28.8 Å². The predicted molar refractivity (Wildman–Crippen MR) is 180 cm³/mol. The fourth-order valence-corrected chi connectivity index (χ4v) is 6.89. The van der Waals surface area contributed by atoms with Gasteiger partial charge in [-0.3, -0.25) is 28.8 Å². The molecule has 0 aromatic heterocycles. The minimum atomic E-state index is -1.22. The van der Waals surface area contributed by atoms with Crippen LogP contribution in [0, 0.1) is 5.92 Å². The Bertz CT molecular complexity index is 1370. The molecule has 12 nitrogen and oxygen atoms in total. The summed E-state index contributed by atoms with van der Waals surface area (Å²) in [4.78, 5) is 74.6. The Labute approximate surface area is 285 Å². The highest BCUT2D eigenvalue weighted by Crippen LogP contribution is 2.42. The Morgan fingerprint density at radius 2 is 1.87 bits per heavy atom. The summed E-state index contributed by atoms with van der Waals surface area (Å²) in [5.41, 5.74) is 1.11. The van der Waals surface area contributed by atoms with E-state index in [0.29, 0.717) is 62.7 Å². The Balaban J connectivity index is 1.72. The average molecular weight is 719 g/mol. The molecule has 1 aromatic rings. The molecule has 3 aliphatic heterocycles. The lowest BCUT2D eigenvalue weighted by Gasteiger charge is -2.39. The van der Waals surface area contributed by atoms with Crippen molar-refractivity contribution in [3.8, 4) is 0 Å². The van der Waals surface area contributed by atoms with E-state index in [0.717, 1.165) is 17.3 Å². The van der Waals surface area contributed by atoms with Crippen LogP contribution in [0.2, 0.25) is 0 Å². The monoisotopic (exact) mass is 717 g/mol. The van der Waals surface area contributed by atoms with Gasteiger partial charge in [-0.1, -0.05) is 56.0 Å². The summed E-state index contributed by atoms with van der Waals surface area (Å²) in [6.07, 6.45) is 5.94. The van der Waals surface area contributed by atoms with Gasteiger partial charge in [-0.05, 0) is 67.9 Å². The van der Waals surface area contributed by atoms with E-state index < -0.39 is 48.0 Å². The molecular formula is C34H48BrN5O7. The van der Waals surface area contributed by atoms with Crippen molar-refractivity contribution in [3.05, 3.63) is 40.0 Å². The normalized spacial score (nSPS) is 26.9. The average Bonchev–Trinajstić information content (AvgIpc) is 3.33. The largest absolute Gasteiger partial charge is 0.370 e. The van der Waals surface area contributed by atoms with Crippen molar-refractivity contribution in [1.29, 1.82) is 0 Å². The summed E-state index contributed by atoms with van der Waals surface area (Å²) in [5, 5.41) is 21.1. The van der Waals surface area contributed by atoms with Crippen LogP contribution in [0.5, 0.6) is 0 Å². The summed E-state index contributed by atoms with van der Waals surface area (Å²) in [6, 6.07) is 2.70. The first kappa shape index (κ1) is 36.5. The van der Waals surface area contributed by atoms with Crippen LogP contribution < -0.4 is 21.0 Å². The van der Waals surface area contributed by atoms with Gasteiger partial charge in [-0.15, -0.1) is 0 Å². The molecule has 3 aliphatic rings. The van der Waals surface area contributed by atoms with Crippen LogP contribution in [-0.4, -0.2) is 77.4 Å². The number of aliphatic hydroxyl groups is 1. The van der Waals surface area contributed by atoms with Crippen molar-refractivity contribution < 1.29 is 33.9 Å². The summed E-state index contributed by atoms with van der Waals surface area (Å²) in [6.45, 7) is 5.99. The van der Waals surface area contributed by atoms with Gasteiger partial charge >= 0.3 is 0 Å². The molecule has 1 aromatic carbocycles. The Morgan fingerprint density at radius 3 is 2.57 bits per heavy atom. The summed E-state index contributed by atoms with van der Waals surface area (Å²) in [5.74, 6) is -2.86. The van der Waals surface area contributed by atoms with Gasteiger partial charge in [0.05, 0.1) is 18.7 Å². The van der Waals surface area contributed by atoms with E-state index in [1.54, 1.807) is 17.0 Å². The number of anilines is 1. The van der Waals surface area contributed by atoms with Gasteiger partial charge in [0.1, 0.15) is 29.6 Å². The molecule has 258 valence electrons. The van der Waals surface area contributed by atoms with Crippen molar-refractivity contribution in [1.82, 2.24) is 20.9 Å². The van der Waals surface area contributed by atoms with Gasteiger partial charge in [-0.25, -0.2) is 5.06 Å². The second kappa shape index (κ2) is 16.7. The number of carbonyl (C=O) groups excluding carboxylic acids is 5. The van der Waals surface area contributed by atoms with Crippen molar-refractivity contribution in [2.24, 2.45) is 5.92 Å². The number of aliphatic hydroxyl groups excluding tert-OH is 1. The number of unbranched alkanes of at least 4 members (excludes halogenated alkanes) is 2. The predicted octanol–water partition coefficient (Wildman–Crippen LogP) is 3.57. The number of hydrogen-bond acceptors (Lipinski definition) is 8. The number of benzene rings is 1. The number of amides is 4. The van der Waals surface area contributed by atoms with E-state index in [-0.39, 0.29) is 29.7 Å². The molecule has 47 heavy (non-hydrogen) atoms.